The minimum Gasteiger partial charge on any atom is -0.481 e. The van der Waals surface area contributed by atoms with Crippen LogP contribution in [-0.4, -0.2) is 42.8 Å². The first-order chi connectivity index (χ1) is 17.0. The van der Waals surface area contributed by atoms with Crippen LogP contribution in [0.15, 0.2) is 60.2 Å². The molecule has 0 spiro atoms. The number of carbonyl (C=O) groups excluding carboxylic acids is 2. The van der Waals surface area contributed by atoms with Crippen molar-refractivity contribution in [2.75, 3.05) is 19.7 Å². The number of aliphatic carboxylic acids is 1. The van der Waals surface area contributed by atoms with Gasteiger partial charge in [-0.05, 0) is 47.9 Å². The molecular weight excluding hydrogens is 444 g/mol. The van der Waals surface area contributed by atoms with Gasteiger partial charge >= 0.3 is 12.1 Å². The first-order valence-corrected chi connectivity index (χ1v) is 12.2. The Kier molecular flexibility index (Phi) is 7.85. The first kappa shape index (κ1) is 24.5. The smallest absolute Gasteiger partial charge is 0.407 e. The fourth-order valence-electron chi connectivity index (χ4n) is 5.17. The molecule has 2 aliphatic rings. The van der Waals surface area contributed by atoms with E-state index in [1.54, 1.807) is 13.0 Å². The zero-order chi connectivity index (χ0) is 24.8. The minimum absolute atomic E-state index is 0.00868. The fourth-order valence-corrected chi connectivity index (χ4v) is 5.17. The number of benzene rings is 2. The molecule has 2 atom stereocenters. The van der Waals surface area contributed by atoms with Crippen molar-refractivity contribution in [1.82, 2.24) is 10.6 Å². The molecule has 2 aromatic carbocycles. The van der Waals surface area contributed by atoms with Gasteiger partial charge in [-0.15, -0.1) is 0 Å². The molecule has 0 unspecified atom stereocenters. The SMILES string of the molecule is C/C(=C\CNC(=O)OCC1c2ccccc2-c2ccccc21)C(=O)NC[C@H]1CCCC[C@H]1C(=O)O. The molecular formula is C28H32N2O5. The van der Waals surface area contributed by atoms with Crippen molar-refractivity contribution in [3.8, 4) is 11.1 Å². The van der Waals surface area contributed by atoms with Gasteiger partial charge in [-0.25, -0.2) is 4.79 Å². The summed E-state index contributed by atoms with van der Waals surface area (Å²) in [5.41, 5.74) is 5.11. The topological polar surface area (TPSA) is 105 Å². The highest BCUT2D eigenvalue weighted by Gasteiger charge is 2.31. The van der Waals surface area contributed by atoms with Crippen LogP contribution >= 0.6 is 0 Å². The van der Waals surface area contributed by atoms with Crippen LogP contribution in [0.3, 0.4) is 0 Å². The number of rotatable bonds is 8. The van der Waals surface area contributed by atoms with Crippen molar-refractivity contribution in [1.29, 1.82) is 0 Å². The van der Waals surface area contributed by atoms with E-state index in [-0.39, 0.29) is 30.9 Å². The second-order valence-corrected chi connectivity index (χ2v) is 9.29. The summed E-state index contributed by atoms with van der Waals surface area (Å²) < 4.78 is 5.51. The van der Waals surface area contributed by atoms with E-state index in [9.17, 15) is 19.5 Å². The van der Waals surface area contributed by atoms with Gasteiger partial charge in [-0.3, -0.25) is 9.59 Å². The predicted octanol–water partition coefficient (Wildman–Crippen LogP) is 4.48. The molecule has 7 heteroatoms. The van der Waals surface area contributed by atoms with Crippen LogP contribution in [0.1, 0.15) is 49.7 Å². The number of carboxylic acids is 1. The molecule has 0 aromatic heterocycles. The molecule has 2 aliphatic carbocycles. The molecule has 0 bridgehead atoms. The Balaban J connectivity index is 1.23. The zero-order valence-corrected chi connectivity index (χ0v) is 20.0. The largest absolute Gasteiger partial charge is 0.481 e. The molecule has 4 rings (SSSR count). The third kappa shape index (κ3) is 5.73. The maximum Gasteiger partial charge on any atom is 0.407 e. The lowest BCUT2D eigenvalue weighted by Gasteiger charge is -2.28. The van der Waals surface area contributed by atoms with Gasteiger partial charge in [0.1, 0.15) is 6.61 Å². The van der Waals surface area contributed by atoms with Crippen LogP contribution in [0.5, 0.6) is 0 Å². The molecule has 0 saturated heterocycles. The fraction of sp³-hybridized carbons (Fsp3) is 0.393. The number of fused-ring (bicyclic) bond motifs is 3. The maximum atomic E-state index is 12.4. The standard InChI is InChI=1S/C28H32N2O5/c1-18(26(31)30-16-19-8-2-3-9-20(19)27(32)33)14-15-29-28(34)35-17-25-23-12-6-4-10-21(23)22-11-5-7-13-24(22)25/h4-7,10-14,19-20,25H,2-3,8-9,15-17H2,1H3,(H,29,34)(H,30,31)(H,32,33)/b18-14+/t19-,20-/m1/s1. The van der Waals surface area contributed by atoms with Crippen molar-refractivity contribution in [3.05, 3.63) is 71.3 Å². The monoisotopic (exact) mass is 476 g/mol. The van der Waals surface area contributed by atoms with E-state index in [0.29, 0.717) is 18.5 Å². The summed E-state index contributed by atoms with van der Waals surface area (Å²) >= 11 is 0. The summed E-state index contributed by atoms with van der Waals surface area (Å²) in [7, 11) is 0. The number of carbonyl (C=O) groups is 3. The van der Waals surface area contributed by atoms with Gasteiger partial charge in [0, 0.05) is 24.6 Å². The van der Waals surface area contributed by atoms with E-state index < -0.39 is 18.0 Å². The Morgan fingerprint density at radius 3 is 2.26 bits per heavy atom. The number of hydrogen-bond acceptors (Lipinski definition) is 4. The van der Waals surface area contributed by atoms with E-state index in [0.717, 1.165) is 30.4 Å². The summed E-state index contributed by atoms with van der Waals surface area (Å²) in [6.45, 7) is 2.41. The Morgan fingerprint density at radius 1 is 0.971 bits per heavy atom. The van der Waals surface area contributed by atoms with E-state index in [1.165, 1.54) is 11.1 Å². The number of alkyl carbamates (subject to hydrolysis) is 1. The number of carboxylic acid groups (broad SMARTS) is 1. The Bertz CT molecular complexity index is 1080. The van der Waals surface area contributed by atoms with E-state index in [2.05, 4.69) is 34.9 Å². The Hall–Kier alpha value is -3.61. The summed E-state index contributed by atoms with van der Waals surface area (Å²) in [6, 6.07) is 16.3. The van der Waals surface area contributed by atoms with Gasteiger partial charge in [-0.1, -0.05) is 67.4 Å². The highest BCUT2D eigenvalue weighted by Crippen LogP contribution is 2.44. The predicted molar refractivity (Wildman–Crippen MR) is 133 cm³/mol. The molecule has 0 radical (unpaired) electrons. The lowest BCUT2D eigenvalue weighted by Crippen LogP contribution is -2.37. The first-order valence-electron chi connectivity index (χ1n) is 12.2. The molecule has 3 N–H and O–H groups in total. The highest BCUT2D eigenvalue weighted by molar-refractivity contribution is 5.92. The number of amides is 2. The van der Waals surface area contributed by atoms with Gasteiger partial charge in [0.25, 0.3) is 0 Å². The molecule has 1 fully saturated rings. The van der Waals surface area contributed by atoms with Crippen molar-refractivity contribution in [3.63, 3.8) is 0 Å². The second-order valence-electron chi connectivity index (χ2n) is 9.29. The molecule has 0 aliphatic heterocycles. The molecule has 7 nitrogen and oxygen atoms in total. The molecule has 2 amide bonds. The normalized spacial score (nSPS) is 19.4. The van der Waals surface area contributed by atoms with Crippen LogP contribution in [-0.2, 0) is 14.3 Å². The van der Waals surface area contributed by atoms with Gasteiger partial charge in [-0.2, -0.15) is 0 Å². The molecule has 1 saturated carbocycles. The van der Waals surface area contributed by atoms with Gasteiger partial charge in [0.2, 0.25) is 5.91 Å². The maximum absolute atomic E-state index is 12.4. The molecule has 184 valence electrons. The lowest BCUT2D eigenvalue weighted by atomic mass is 9.79. The summed E-state index contributed by atoms with van der Waals surface area (Å²) in [4.78, 5) is 36.1. The summed E-state index contributed by atoms with van der Waals surface area (Å²) in [5.74, 6) is -1.50. The van der Waals surface area contributed by atoms with E-state index >= 15 is 0 Å². The average Bonchev–Trinajstić information content (AvgIpc) is 3.19. The summed E-state index contributed by atoms with van der Waals surface area (Å²) in [5, 5.41) is 14.9. The van der Waals surface area contributed by atoms with Crippen LogP contribution in [0, 0.1) is 11.8 Å². The third-order valence-corrected chi connectivity index (χ3v) is 7.11. The van der Waals surface area contributed by atoms with Crippen LogP contribution < -0.4 is 10.6 Å². The minimum atomic E-state index is -0.788. The van der Waals surface area contributed by atoms with Crippen molar-refractivity contribution >= 4 is 18.0 Å². The van der Waals surface area contributed by atoms with Gasteiger partial charge in [0.05, 0.1) is 5.92 Å². The molecule has 2 aromatic rings. The third-order valence-electron chi connectivity index (χ3n) is 7.11. The van der Waals surface area contributed by atoms with Gasteiger partial charge in [0.15, 0.2) is 0 Å². The van der Waals surface area contributed by atoms with Crippen molar-refractivity contribution in [2.24, 2.45) is 11.8 Å². The zero-order valence-electron chi connectivity index (χ0n) is 20.0. The van der Waals surface area contributed by atoms with Crippen LogP contribution in [0.25, 0.3) is 11.1 Å². The second kappa shape index (κ2) is 11.2. The Morgan fingerprint density at radius 2 is 1.60 bits per heavy atom. The lowest BCUT2D eigenvalue weighted by molar-refractivity contribution is -0.145. The van der Waals surface area contributed by atoms with Gasteiger partial charge < -0.3 is 20.5 Å². The van der Waals surface area contributed by atoms with Crippen LogP contribution in [0.2, 0.25) is 0 Å². The van der Waals surface area contributed by atoms with Crippen molar-refractivity contribution < 1.29 is 24.2 Å². The number of ether oxygens (including phenoxy) is 1. The average molecular weight is 477 g/mol. The Labute approximate surface area is 205 Å². The van der Waals surface area contributed by atoms with Crippen molar-refractivity contribution in [2.45, 2.75) is 38.5 Å². The number of hydrogen-bond donors (Lipinski definition) is 3. The molecule has 0 heterocycles. The van der Waals surface area contributed by atoms with Crippen LogP contribution in [0.4, 0.5) is 4.79 Å². The number of nitrogens with one attached hydrogen (secondary N) is 2. The molecule has 35 heavy (non-hydrogen) atoms. The summed E-state index contributed by atoms with van der Waals surface area (Å²) in [6.07, 6.45) is 4.47. The van der Waals surface area contributed by atoms with E-state index in [4.69, 9.17) is 4.74 Å². The highest BCUT2D eigenvalue weighted by atomic mass is 16.5. The van der Waals surface area contributed by atoms with E-state index in [1.807, 2.05) is 24.3 Å². The quantitative estimate of drug-likeness (QED) is 0.488.